The van der Waals surface area contributed by atoms with Gasteiger partial charge in [0.25, 0.3) is 5.91 Å². The number of aliphatic hydroxyl groups excluding tert-OH is 1. The van der Waals surface area contributed by atoms with E-state index in [1.165, 1.54) is 0 Å². The van der Waals surface area contributed by atoms with Gasteiger partial charge in [-0.05, 0) is 38.5 Å². The lowest BCUT2D eigenvalue weighted by Crippen LogP contribution is -2.33. The lowest BCUT2D eigenvalue weighted by atomic mass is 10.1. The number of nitrogens with one attached hydrogen (secondary N) is 1. The molecule has 106 valence electrons. The van der Waals surface area contributed by atoms with E-state index < -0.39 is 0 Å². The average molecular weight is 265 g/mol. The van der Waals surface area contributed by atoms with E-state index in [1.807, 2.05) is 0 Å². The maximum atomic E-state index is 11.7. The van der Waals surface area contributed by atoms with Crippen LogP contribution < -0.4 is 16.0 Å². The van der Waals surface area contributed by atoms with E-state index in [0.717, 1.165) is 5.69 Å². The standard InChI is InChI=1S/C14H23N3O2/c1-10(2)17(7-4-8-18)13-9-11(14(19)16-3)5-6-12(13)15/h5-6,9-10,18H,4,7-8,15H2,1-3H3,(H,16,19). The van der Waals surface area contributed by atoms with Crippen LogP contribution in [0, 0.1) is 0 Å². The number of carbonyl (C=O) groups excluding carboxylic acids is 1. The highest BCUT2D eigenvalue weighted by molar-refractivity contribution is 5.96. The third kappa shape index (κ3) is 3.86. The van der Waals surface area contributed by atoms with E-state index in [2.05, 4.69) is 24.1 Å². The number of carbonyl (C=O) groups is 1. The first-order valence-electron chi connectivity index (χ1n) is 6.50. The molecular weight excluding hydrogens is 242 g/mol. The molecule has 5 heteroatoms. The molecule has 0 spiro atoms. The van der Waals surface area contributed by atoms with Gasteiger partial charge < -0.3 is 21.1 Å². The maximum Gasteiger partial charge on any atom is 0.251 e. The predicted molar refractivity (Wildman–Crippen MR) is 78.4 cm³/mol. The molecule has 0 heterocycles. The van der Waals surface area contributed by atoms with Gasteiger partial charge in [0.1, 0.15) is 0 Å². The van der Waals surface area contributed by atoms with E-state index in [9.17, 15) is 4.79 Å². The van der Waals surface area contributed by atoms with Crippen LogP contribution in [0.15, 0.2) is 18.2 Å². The summed E-state index contributed by atoms with van der Waals surface area (Å²) < 4.78 is 0. The van der Waals surface area contributed by atoms with Crippen LogP contribution in [-0.4, -0.2) is 37.3 Å². The van der Waals surface area contributed by atoms with Crippen LogP contribution in [0.1, 0.15) is 30.6 Å². The van der Waals surface area contributed by atoms with Gasteiger partial charge in [-0.2, -0.15) is 0 Å². The van der Waals surface area contributed by atoms with Crippen molar-refractivity contribution in [2.24, 2.45) is 0 Å². The molecule has 0 aliphatic heterocycles. The van der Waals surface area contributed by atoms with E-state index >= 15 is 0 Å². The topological polar surface area (TPSA) is 78.6 Å². The Hall–Kier alpha value is -1.75. The fraction of sp³-hybridized carbons (Fsp3) is 0.500. The van der Waals surface area contributed by atoms with E-state index in [0.29, 0.717) is 24.2 Å². The van der Waals surface area contributed by atoms with Gasteiger partial charge >= 0.3 is 0 Å². The van der Waals surface area contributed by atoms with Crippen LogP contribution in [0.4, 0.5) is 11.4 Å². The zero-order valence-electron chi connectivity index (χ0n) is 11.8. The van der Waals surface area contributed by atoms with E-state index in [1.54, 1.807) is 25.2 Å². The summed E-state index contributed by atoms with van der Waals surface area (Å²) in [5.41, 5.74) is 8.07. The summed E-state index contributed by atoms with van der Waals surface area (Å²) in [5, 5.41) is 11.6. The third-order valence-electron chi connectivity index (χ3n) is 3.01. The first kappa shape index (κ1) is 15.3. The van der Waals surface area contributed by atoms with Crippen molar-refractivity contribution < 1.29 is 9.90 Å². The summed E-state index contributed by atoms with van der Waals surface area (Å²) >= 11 is 0. The number of amides is 1. The fourth-order valence-electron chi connectivity index (χ4n) is 1.98. The molecule has 0 atom stereocenters. The SMILES string of the molecule is CNC(=O)c1ccc(N)c(N(CCCO)C(C)C)c1. The van der Waals surface area contributed by atoms with Gasteiger partial charge in [0, 0.05) is 31.8 Å². The molecule has 0 aliphatic carbocycles. The number of nitrogens with two attached hydrogens (primary N) is 1. The van der Waals surface area contributed by atoms with Gasteiger partial charge in [-0.25, -0.2) is 0 Å². The summed E-state index contributed by atoms with van der Waals surface area (Å²) in [4.78, 5) is 13.8. The Labute approximate surface area is 114 Å². The second-order valence-electron chi connectivity index (χ2n) is 4.72. The Morgan fingerprint density at radius 3 is 2.68 bits per heavy atom. The minimum Gasteiger partial charge on any atom is -0.397 e. The molecule has 1 amide bonds. The zero-order valence-corrected chi connectivity index (χ0v) is 11.8. The third-order valence-corrected chi connectivity index (χ3v) is 3.01. The van der Waals surface area contributed by atoms with Crippen molar-refractivity contribution in [2.75, 3.05) is 30.8 Å². The Morgan fingerprint density at radius 1 is 1.47 bits per heavy atom. The first-order chi connectivity index (χ1) is 9.01. The quantitative estimate of drug-likeness (QED) is 0.676. The largest absolute Gasteiger partial charge is 0.397 e. The van der Waals surface area contributed by atoms with Crippen molar-refractivity contribution in [3.63, 3.8) is 0 Å². The van der Waals surface area contributed by atoms with Crippen LogP contribution >= 0.6 is 0 Å². The van der Waals surface area contributed by atoms with Crippen molar-refractivity contribution in [3.8, 4) is 0 Å². The zero-order chi connectivity index (χ0) is 14.4. The van der Waals surface area contributed by atoms with Gasteiger partial charge in [-0.3, -0.25) is 4.79 Å². The number of rotatable bonds is 6. The summed E-state index contributed by atoms with van der Waals surface area (Å²) in [7, 11) is 1.60. The number of nitrogens with zero attached hydrogens (tertiary/aromatic N) is 1. The fourth-order valence-corrected chi connectivity index (χ4v) is 1.98. The summed E-state index contributed by atoms with van der Waals surface area (Å²) in [6.07, 6.45) is 0.668. The van der Waals surface area contributed by atoms with E-state index in [-0.39, 0.29) is 18.6 Å². The van der Waals surface area contributed by atoms with Crippen LogP contribution in [0.5, 0.6) is 0 Å². The second kappa shape index (κ2) is 6.99. The van der Waals surface area contributed by atoms with Gasteiger partial charge in [0.2, 0.25) is 0 Å². The molecule has 0 unspecified atom stereocenters. The van der Waals surface area contributed by atoms with Crippen LogP contribution in [0.2, 0.25) is 0 Å². The smallest absolute Gasteiger partial charge is 0.251 e. The Kier molecular flexibility index (Phi) is 5.63. The molecule has 0 saturated heterocycles. The highest BCUT2D eigenvalue weighted by atomic mass is 16.3. The summed E-state index contributed by atoms with van der Waals surface area (Å²) in [5.74, 6) is -0.132. The number of hydrogen-bond donors (Lipinski definition) is 3. The molecule has 5 nitrogen and oxygen atoms in total. The molecule has 1 rings (SSSR count). The van der Waals surface area contributed by atoms with Gasteiger partial charge in [0.05, 0.1) is 11.4 Å². The lowest BCUT2D eigenvalue weighted by molar-refractivity contribution is 0.0963. The van der Waals surface area contributed by atoms with Gasteiger partial charge in [-0.15, -0.1) is 0 Å². The lowest BCUT2D eigenvalue weighted by Gasteiger charge is -2.30. The molecule has 1 aromatic rings. The van der Waals surface area contributed by atoms with Crippen molar-refractivity contribution in [1.82, 2.24) is 5.32 Å². The average Bonchev–Trinajstić information content (AvgIpc) is 2.39. The highest BCUT2D eigenvalue weighted by Gasteiger charge is 2.15. The Morgan fingerprint density at radius 2 is 2.16 bits per heavy atom. The van der Waals surface area contributed by atoms with Crippen molar-refractivity contribution >= 4 is 17.3 Å². The summed E-state index contributed by atoms with van der Waals surface area (Å²) in [6, 6.07) is 5.50. The monoisotopic (exact) mass is 265 g/mol. The molecule has 0 saturated carbocycles. The molecule has 0 aromatic heterocycles. The molecule has 0 bridgehead atoms. The molecule has 0 aliphatic rings. The summed E-state index contributed by atoms with van der Waals surface area (Å²) in [6.45, 7) is 4.96. The van der Waals surface area contributed by atoms with Crippen LogP contribution in [0.3, 0.4) is 0 Å². The number of anilines is 2. The minimum atomic E-state index is -0.132. The van der Waals surface area contributed by atoms with Crippen LogP contribution in [0.25, 0.3) is 0 Å². The van der Waals surface area contributed by atoms with Crippen molar-refractivity contribution in [3.05, 3.63) is 23.8 Å². The van der Waals surface area contributed by atoms with Gasteiger partial charge in [-0.1, -0.05) is 0 Å². The van der Waals surface area contributed by atoms with Crippen LogP contribution in [-0.2, 0) is 0 Å². The number of benzene rings is 1. The normalized spacial score (nSPS) is 10.6. The van der Waals surface area contributed by atoms with Gasteiger partial charge in [0.15, 0.2) is 0 Å². The van der Waals surface area contributed by atoms with Crippen molar-refractivity contribution in [2.45, 2.75) is 26.3 Å². The molecule has 19 heavy (non-hydrogen) atoms. The second-order valence-corrected chi connectivity index (χ2v) is 4.72. The maximum absolute atomic E-state index is 11.7. The van der Waals surface area contributed by atoms with Crippen molar-refractivity contribution in [1.29, 1.82) is 0 Å². The molecule has 0 fully saturated rings. The molecule has 0 radical (unpaired) electrons. The number of nitrogen functional groups attached to an aromatic ring is 1. The van der Waals surface area contributed by atoms with E-state index in [4.69, 9.17) is 10.8 Å². The minimum absolute atomic E-state index is 0.132. The Balaban J connectivity index is 3.10. The molecule has 1 aromatic carbocycles. The molecular formula is C14H23N3O2. The first-order valence-corrected chi connectivity index (χ1v) is 6.50. The molecule has 4 N–H and O–H groups in total. The number of aliphatic hydroxyl groups is 1. The predicted octanol–water partition coefficient (Wildman–Crippen LogP) is 1.23. The Bertz CT molecular complexity index is 433. The number of hydrogen-bond acceptors (Lipinski definition) is 4. The highest BCUT2D eigenvalue weighted by Crippen LogP contribution is 2.26.